The van der Waals surface area contributed by atoms with E-state index in [1.54, 1.807) is 0 Å². The molecule has 1 aliphatic rings. The van der Waals surface area contributed by atoms with Gasteiger partial charge in [0, 0.05) is 12.6 Å². The van der Waals surface area contributed by atoms with Crippen molar-refractivity contribution >= 4 is 5.91 Å². The van der Waals surface area contributed by atoms with E-state index in [1.807, 2.05) is 32.3 Å². The van der Waals surface area contributed by atoms with E-state index in [9.17, 15) is 4.79 Å². The summed E-state index contributed by atoms with van der Waals surface area (Å²) in [5.41, 5.74) is 0.869. The van der Waals surface area contributed by atoms with Crippen LogP contribution in [0.2, 0.25) is 0 Å². The third kappa shape index (κ3) is 3.21. The second-order valence-corrected chi connectivity index (χ2v) is 6.29. The van der Waals surface area contributed by atoms with Crippen LogP contribution in [0, 0.1) is 0 Å². The molecule has 0 bridgehead atoms. The lowest BCUT2D eigenvalue weighted by molar-refractivity contribution is -0.127. The van der Waals surface area contributed by atoms with Crippen molar-refractivity contribution in [2.45, 2.75) is 44.1 Å². The first-order valence-electron chi connectivity index (χ1n) is 7.56. The number of nitrogens with one attached hydrogen (secondary N) is 1. The maximum absolute atomic E-state index is 12.8. The molecule has 3 heteroatoms. The molecule has 1 aromatic carbocycles. The maximum atomic E-state index is 12.8. The first-order valence-corrected chi connectivity index (χ1v) is 7.56. The average molecular weight is 274 g/mol. The van der Waals surface area contributed by atoms with E-state index in [1.165, 1.54) is 5.56 Å². The van der Waals surface area contributed by atoms with Crippen LogP contribution in [0.15, 0.2) is 30.3 Å². The van der Waals surface area contributed by atoms with Crippen LogP contribution in [-0.4, -0.2) is 37.5 Å². The molecule has 1 saturated carbocycles. The minimum atomic E-state index is -0.304. The molecule has 1 fully saturated rings. The summed E-state index contributed by atoms with van der Waals surface area (Å²) >= 11 is 0. The Kier molecular flexibility index (Phi) is 4.81. The van der Waals surface area contributed by atoms with E-state index in [0.29, 0.717) is 0 Å². The maximum Gasteiger partial charge on any atom is 0.230 e. The van der Waals surface area contributed by atoms with Gasteiger partial charge in [-0.3, -0.25) is 4.79 Å². The summed E-state index contributed by atoms with van der Waals surface area (Å²) in [6.07, 6.45) is 4.23. The van der Waals surface area contributed by atoms with E-state index < -0.39 is 0 Å². The van der Waals surface area contributed by atoms with Crippen LogP contribution in [0.25, 0.3) is 0 Å². The Bertz CT molecular complexity index is 436. The number of likely N-dealkylation sites (N-methyl/N-ethyl adjacent to an activating group) is 1. The molecule has 0 spiro atoms. The minimum absolute atomic E-state index is 0.179. The highest BCUT2D eigenvalue weighted by molar-refractivity contribution is 5.88. The van der Waals surface area contributed by atoms with Gasteiger partial charge in [0.05, 0.1) is 5.41 Å². The zero-order valence-corrected chi connectivity index (χ0v) is 12.9. The normalized spacial score (nSPS) is 19.0. The summed E-state index contributed by atoms with van der Waals surface area (Å²) in [6, 6.07) is 10.5. The zero-order valence-electron chi connectivity index (χ0n) is 12.9. The standard InChI is InChI=1S/C17H26N2O/c1-14(13-19(2)3)18-16(20)17(11-7-8-12-17)15-9-5-4-6-10-15/h4-6,9-10,14H,7-8,11-13H2,1-3H3,(H,18,20). The molecule has 1 aromatic rings. The molecule has 0 saturated heterocycles. The molecular weight excluding hydrogens is 248 g/mol. The SMILES string of the molecule is CC(CN(C)C)NC(=O)C1(c2ccccc2)CCCC1. The van der Waals surface area contributed by atoms with Gasteiger partial charge < -0.3 is 10.2 Å². The molecule has 3 nitrogen and oxygen atoms in total. The molecule has 0 aromatic heterocycles. The second kappa shape index (κ2) is 6.40. The van der Waals surface area contributed by atoms with E-state index >= 15 is 0 Å². The van der Waals surface area contributed by atoms with Crippen LogP contribution in [0.3, 0.4) is 0 Å². The van der Waals surface area contributed by atoms with Crippen LogP contribution in [0.5, 0.6) is 0 Å². The number of amides is 1. The molecule has 1 N–H and O–H groups in total. The fourth-order valence-electron chi connectivity index (χ4n) is 3.34. The topological polar surface area (TPSA) is 32.3 Å². The molecule has 0 radical (unpaired) electrons. The fourth-order valence-corrected chi connectivity index (χ4v) is 3.34. The van der Waals surface area contributed by atoms with Crippen molar-refractivity contribution in [1.29, 1.82) is 0 Å². The molecule has 2 rings (SSSR count). The van der Waals surface area contributed by atoms with Gasteiger partial charge in [0.15, 0.2) is 0 Å². The monoisotopic (exact) mass is 274 g/mol. The van der Waals surface area contributed by atoms with Crippen molar-refractivity contribution in [3.63, 3.8) is 0 Å². The number of carbonyl (C=O) groups excluding carboxylic acids is 1. The lowest BCUT2D eigenvalue weighted by Gasteiger charge is -2.30. The third-order valence-electron chi connectivity index (χ3n) is 4.23. The van der Waals surface area contributed by atoms with E-state index in [4.69, 9.17) is 0 Å². The van der Waals surface area contributed by atoms with Gasteiger partial charge >= 0.3 is 0 Å². The fraction of sp³-hybridized carbons (Fsp3) is 0.588. The van der Waals surface area contributed by atoms with Crippen molar-refractivity contribution < 1.29 is 4.79 Å². The summed E-state index contributed by atoms with van der Waals surface area (Å²) < 4.78 is 0. The zero-order chi connectivity index (χ0) is 14.6. The number of nitrogens with zero attached hydrogens (tertiary/aromatic N) is 1. The molecule has 110 valence electrons. The molecule has 20 heavy (non-hydrogen) atoms. The van der Waals surface area contributed by atoms with Gasteiger partial charge in [0.2, 0.25) is 5.91 Å². The van der Waals surface area contributed by atoms with Crippen LogP contribution >= 0.6 is 0 Å². The summed E-state index contributed by atoms with van der Waals surface area (Å²) in [5, 5.41) is 3.21. The highest BCUT2D eigenvalue weighted by Gasteiger charge is 2.42. The highest BCUT2D eigenvalue weighted by Crippen LogP contribution is 2.41. The molecular formula is C17H26N2O. The van der Waals surface area contributed by atoms with E-state index in [0.717, 1.165) is 32.2 Å². The Morgan fingerprint density at radius 1 is 1.25 bits per heavy atom. The van der Waals surface area contributed by atoms with Crippen molar-refractivity contribution in [3.8, 4) is 0 Å². The van der Waals surface area contributed by atoms with Gasteiger partial charge in [0.1, 0.15) is 0 Å². The van der Waals surface area contributed by atoms with E-state index in [-0.39, 0.29) is 17.4 Å². The Morgan fingerprint density at radius 2 is 1.85 bits per heavy atom. The van der Waals surface area contributed by atoms with Crippen molar-refractivity contribution in [2.75, 3.05) is 20.6 Å². The van der Waals surface area contributed by atoms with Crippen molar-refractivity contribution in [2.24, 2.45) is 0 Å². The van der Waals surface area contributed by atoms with Crippen LogP contribution < -0.4 is 5.32 Å². The second-order valence-electron chi connectivity index (χ2n) is 6.29. The van der Waals surface area contributed by atoms with Gasteiger partial charge in [-0.2, -0.15) is 0 Å². The molecule has 1 atom stereocenters. The van der Waals surface area contributed by atoms with Crippen molar-refractivity contribution in [3.05, 3.63) is 35.9 Å². The number of hydrogen-bond donors (Lipinski definition) is 1. The van der Waals surface area contributed by atoms with Crippen LogP contribution in [0.4, 0.5) is 0 Å². The van der Waals surface area contributed by atoms with Gasteiger partial charge in [-0.1, -0.05) is 43.2 Å². The predicted octanol–water partition coefficient (Wildman–Crippen LogP) is 2.56. The summed E-state index contributed by atoms with van der Waals surface area (Å²) in [5.74, 6) is 0.204. The van der Waals surface area contributed by atoms with Gasteiger partial charge in [-0.15, -0.1) is 0 Å². The van der Waals surface area contributed by atoms with Crippen LogP contribution in [0.1, 0.15) is 38.2 Å². The third-order valence-corrected chi connectivity index (χ3v) is 4.23. The molecule has 1 amide bonds. The number of benzene rings is 1. The molecule has 0 heterocycles. The van der Waals surface area contributed by atoms with E-state index in [2.05, 4.69) is 29.3 Å². The largest absolute Gasteiger partial charge is 0.352 e. The Labute approximate surface area is 122 Å². The average Bonchev–Trinajstić information content (AvgIpc) is 2.89. The highest BCUT2D eigenvalue weighted by atomic mass is 16.2. The minimum Gasteiger partial charge on any atom is -0.352 e. The Balaban J connectivity index is 2.15. The Morgan fingerprint density at radius 3 is 2.40 bits per heavy atom. The van der Waals surface area contributed by atoms with Gasteiger partial charge in [0.25, 0.3) is 0 Å². The number of hydrogen-bond acceptors (Lipinski definition) is 2. The molecule has 1 unspecified atom stereocenters. The first-order chi connectivity index (χ1) is 9.54. The van der Waals surface area contributed by atoms with Gasteiger partial charge in [-0.25, -0.2) is 0 Å². The van der Waals surface area contributed by atoms with Gasteiger partial charge in [-0.05, 0) is 39.4 Å². The first kappa shape index (κ1) is 15.0. The Hall–Kier alpha value is -1.35. The molecule has 1 aliphatic carbocycles. The predicted molar refractivity (Wildman–Crippen MR) is 82.7 cm³/mol. The quantitative estimate of drug-likeness (QED) is 0.895. The lowest BCUT2D eigenvalue weighted by Crippen LogP contribution is -2.48. The number of carbonyl (C=O) groups is 1. The summed E-state index contributed by atoms with van der Waals surface area (Å²) in [6.45, 7) is 2.95. The number of rotatable bonds is 5. The summed E-state index contributed by atoms with van der Waals surface area (Å²) in [4.78, 5) is 14.9. The lowest BCUT2D eigenvalue weighted by atomic mass is 9.78. The van der Waals surface area contributed by atoms with Crippen molar-refractivity contribution in [1.82, 2.24) is 10.2 Å². The summed E-state index contributed by atoms with van der Waals surface area (Å²) in [7, 11) is 4.07. The van der Waals surface area contributed by atoms with Crippen LogP contribution in [-0.2, 0) is 10.2 Å². The smallest absolute Gasteiger partial charge is 0.230 e. The molecule has 0 aliphatic heterocycles.